The van der Waals surface area contributed by atoms with E-state index >= 15 is 0 Å². The molecule has 6 nitrogen and oxygen atoms in total. The summed E-state index contributed by atoms with van der Waals surface area (Å²) in [5.41, 5.74) is 29.2. The summed E-state index contributed by atoms with van der Waals surface area (Å²) in [6, 6.07) is 84.3. The molecule has 0 bridgehead atoms. The Bertz CT molecular complexity index is 5470. The third kappa shape index (κ3) is 9.11. The van der Waals surface area contributed by atoms with Gasteiger partial charge in [0, 0.05) is 32.3 Å². The first kappa shape index (κ1) is 58.1. The molecule has 1 aliphatic carbocycles. The average molecular weight is 1220 g/mol. The first-order valence-electron chi connectivity index (χ1n) is 32.7. The maximum atomic E-state index is 12.7. The third-order valence-corrected chi connectivity index (χ3v) is 20.2. The van der Waals surface area contributed by atoms with Gasteiger partial charge in [-0.05, 0) is 252 Å². The van der Waals surface area contributed by atoms with Gasteiger partial charge in [0.05, 0.1) is 50.2 Å². The Morgan fingerprint density at radius 2 is 0.547 bits per heavy atom. The molecule has 15 aromatic rings. The molecule has 0 saturated carbocycles. The summed E-state index contributed by atoms with van der Waals surface area (Å²) in [5, 5.41) is 43.8. The highest BCUT2D eigenvalue weighted by Gasteiger charge is 2.34. The standard InChI is InChI=1S/C89H66N6/c1-52-19-15-20-53(2)83(52)64-33-39-79-70(45-64)71-46-65(84-54(3)21-16-22-55(84)4)34-40-80(71)94(79)88-74(49-90)87(93-77-37-31-62(60-27-11-9-12-28-60)43-68(77)69-44-63(32-38-78(69)93)61-29-13-10-14-30-61)75(50-91)89(76(88)51-92)95-81-41-35-66(85-56(5)23-17-24-57(85)6)47-72(81)73-48-67(36-42-82(73)95)86-58(7)25-18-26-59(86)8/h9,11-13,15-48H,10,14H2,1-8H3. The summed E-state index contributed by atoms with van der Waals surface area (Å²) in [6.45, 7) is 17.3. The van der Waals surface area contributed by atoms with Gasteiger partial charge in [0.2, 0.25) is 0 Å². The van der Waals surface area contributed by atoms with Crippen LogP contribution in [0.5, 0.6) is 0 Å². The fourth-order valence-corrected chi connectivity index (χ4v) is 16.0. The fourth-order valence-electron chi connectivity index (χ4n) is 16.0. The normalized spacial score (nSPS) is 12.3. The minimum absolute atomic E-state index is 0.195. The van der Waals surface area contributed by atoms with Gasteiger partial charge in [0.1, 0.15) is 34.9 Å². The largest absolute Gasteiger partial charge is 0.306 e. The van der Waals surface area contributed by atoms with Gasteiger partial charge in [0.15, 0.2) is 0 Å². The number of rotatable bonds is 9. The molecule has 16 rings (SSSR count). The summed E-state index contributed by atoms with van der Waals surface area (Å²) in [4.78, 5) is 0. The van der Waals surface area contributed by atoms with E-state index in [0.717, 1.165) is 145 Å². The van der Waals surface area contributed by atoms with Gasteiger partial charge >= 0.3 is 0 Å². The van der Waals surface area contributed by atoms with Crippen LogP contribution in [-0.4, -0.2) is 13.7 Å². The molecule has 12 aromatic carbocycles. The minimum atomic E-state index is 0.195. The zero-order chi connectivity index (χ0) is 65.1. The number of aromatic nitrogens is 3. The third-order valence-electron chi connectivity index (χ3n) is 20.2. The van der Waals surface area contributed by atoms with Crippen molar-refractivity contribution in [1.82, 2.24) is 13.7 Å². The number of hydrogen-bond donors (Lipinski definition) is 0. The zero-order valence-corrected chi connectivity index (χ0v) is 54.5. The topological polar surface area (TPSA) is 86.2 Å². The van der Waals surface area contributed by atoms with E-state index in [1.54, 1.807) is 0 Å². The van der Waals surface area contributed by atoms with E-state index in [1.165, 1.54) is 44.5 Å². The molecular formula is C89H66N6. The second-order valence-electron chi connectivity index (χ2n) is 26.0. The maximum absolute atomic E-state index is 12.7. The van der Waals surface area contributed by atoms with Crippen LogP contribution in [-0.2, 0) is 0 Å². The Hall–Kier alpha value is -12.0. The number of nitriles is 3. The van der Waals surface area contributed by atoms with Crippen LogP contribution >= 0.6 is 0 Å². The number of fused-ring (bicyclic) bond motifs is 9. The van der Waals surface area contributed by atoms with Crippen molar-refractivity contribution in [2.45, 2.75) is 68.2 Å². The van der Waals surface area contributed by atoms with Gasteiger partial charge < -0.3 is 13.7 Å². The van der Waals surface area contributed by atoms with E-state index < -0.39 is 0 Å². The van der Waals surface area contributed by atoms with Gasteiger partial charge in [-0.15, -0.1) is 0 Å². The zero-order valence-electron chi connectivity index (χ0n) is 54.5. The van der Waals surface area contributed by atoms with Crippen molar-refractivity contribution < 1.29 is 0 Å². The molecule has 6 heteroatoms. The number of hydrogen-bond acceptors (Lipinski definition) is 3. The van der Waals surface area contributed by atoms with Crippen LogP contribution in [0, 0.1) is 89.4 Å². The highest BCUT2D eigenvalue weighted by atomic mass is 15.1. The molecule has 3 aromatic heterocycles. The molecule has 0 N–H and O–H groups in total. The molecule has 0 atom stereocenters. The number of aryl methyl sites for hydroxylation is 8. The van der Waals surface area contributed by atoms with E-state index in [9.17, 15) is 15.8 Å². The molecule has 3 heterocycles. The molecule has 0 aliphatic heterocycles. The molecular weight excluding hydrogens is 1150 g/mol. The summed E-state index contributed by atoms with van der Waals surface area (Å²) < 4.78 is 6.47. The highest BCUT2D eigenvalue weighted by Crippen LogP contribution is 2.49. The average Bonchev–Trinajstić information content (AvgIpc) is 1.59. The van der Waals surface area contributed by atoms with Crippen LogP contribution in [0.2, 0.25) is 0 Å². The molecule has 0 amide bonds. The molecule has 1 aliphatic rings. The highest BCUT2D eigenvalue weighted by molar-refractivity contribution is 6.16. The molecule has 0 saturated heterocycles. The van der Waals surface area contributed by atoms with Crippen LogP contribution in [0.1, 0.15) is 79.6 Å². The van der Waals surface area contributed by atoms with Crippen LogP contribution in [0.3, 0.4) is 0 Å². The smallest absolute Gasteiger partial charge is 0.104 e. The van der Waals surface area contributed by atoms with Crippen molar-refractivity contribution >= 4 is 71.0 Å². The van der Waals surface area contributed by atoms with Gasteiger partial charge in [-0.3, -0.25) is 0 Å². The number of nitrogens with zero attached hydrogens (tertiary/aromatic N) is 6. The summed E-state index contributed by atoms with van der Waals surface area (Å²) in [5.74, 6) is 0. The van der Waals surface area contributed by atoms with Crippen LogP contribution in [0.25, 0.3) is 144 Å². The maximum Gasteiger partial charge on any atom is 0.104 e. The van der Waals surface area contributed by atoms with Gasteiger partial charge in [-0.25, -0.2) is 0 Å². The van der Waals surface area contributed by atoms with Gasteiger partial charge in [-0.2, -0.15) is 15.8 Å². The van der Waals surface area contributed by atoms with Gasteiger partial charge in [0.25, 0.3) is 0 Å². The SMILES string of the molecule is Cc1cccc(C)c1-c1ccc2c(c1)c1cc(-c3c(C)cccc3C)ccc1n2-c1c(C#N)c(-n2c3ccc(C4=CCCC=C4)cc3c3cc(-c4ccccc4)ccc32)c(C#N)c(-n2c3ccc(-c4c(C)cccc4C)cc3c3cc(-c4c(C)cccc4C)ccc32)c1C#N. The van der Waals surface area contributed by atoms with Crippen LogP contribution in [0.4, 0.5) is 0 Å². The van der Waals surface area contributed by atoms with Gasteiger partial charge in [-0.1, -0.05) is 158 Å². The quantitative estimate of drug-likeness (QED) is 0.144. The van der Waals surface area contributed by atoms with E-state index in [4.69, 9.17) is 0 Å². The second kappa shape index (κ2) is 22.7. The summed E-state index contributed by atoms with van der Waals surface area (Å²) >= 11 is 0. The summed E-state index contributed by atoms with van der Waals surface area (Å²) in [7, 11) is 0. The Morgan fingerprint density at radius 3 is 0.832 bits per heavy atom. The second-order valence-corrected chi connectivity index (χ2v) is 26.0. The Morgan fingerprint density at radius 1 is 0.274 bits per heavy atom. The van der Waals surface area contributed by atoms with Crippen molar-refractivity contribution in [2.75, 3.05) is 0 Å². The van der Waals surface area contributed by atoms with Crippen molar-refractivity contribution in [3.05, 3.63) is 297 Å². The first-order chi connectivity index (χ1) is 46.3. The molecule has 0 radical (unpaired) electrons. The van der Waals surface area contributed by atoms with Crippen molar-refractivity contribution in [1.29, 1.82) is 15.8 Å². The molecule has 0 fully saturated rings. The van der Waals surface area contributed by atoms with E-state index in [1.807, 2.05) is 6.07 Å². The lowest BCUT2D eigenvalue weighted by Crippen LogP contribution is -2.14. The van der Waals surface area contributed by atoms with Crippen molar-refractivity contribution in [3.63, 3.8) is 0 Å². The Labute approximate surface area is 553 Å². The molecule has 0 spiro atoms. The Balaban J connectivity index is 1.10. The van der Waals surface area contributed by atoms with E-state index in [0.29, 0.717) is 17.1 Å². The minimum Gasteiger partial charge on any atom is -0.306 e. The monoisotopic (exact) mass is 1220 g/mol. The van der Waals surface area contributed by atoms with E-state index in [2.05, 4.69) is 312 Å². The van der Waals surface area contributed by atoms with E-state index in [-0.39, 0.29) is 16.7 Å². The van der Waals surface area contributed by atoms with Crippen molar-refractivity contribution in [3.8, 4) is 90.9 Å². The number of allylic oxidation sites excluding steroid dienone is 4. The number of benzene rings is 12. The molecule has 95 heavy (non-hydrogen) atoms. The molecule has 0 unspecified atom stereocenters. The lowest BCUT2D eigenvalue weighted by Gasteiger charge is -2.23. The molecule has 452 valence electrons. The van der Waals surface area contributed by atoms with Crippen LogP contribution in [0.15, 0.2) is 231 Å². The predicted molar refractivity (Wildman–Crippen MR) is 395 cm³/mol. The fraction of sp³-hybridized carbons (Fsp3) is 0.112. The van der Waals surface area contributed by atoms with Crippen LogP contribution < -0.4 is 0 Å². The first-order valence-corrected chi connectivity index (χ1v) is 32.7. The predicted octanol–water partition coefficient (Wildman–Crippen LogP) is 23.1. The lowest BCUT2D eigenvalue weighted by atomic mass is 9.93. The lowest BCUT2D eigenvalue weighted by molar-refractivity contribution is 1.04. The summed E-state index contributed by atoms with van der Waals surface area (Å²) in [6.07, 6.45) is 8.69. The Kier molecular flexibility index (Phi) is 13.9. The van der Waals surface area contributed by atoms with Crippen molar-refractivity contribution in [2.24, 2.45) is 0 Å².